The van der Waals surface area contributed by atoms with Gasteiger partial charge in [0.1, 0.15) is 12.4 Å². The zero-order valence-corrected chi connectivity index (χ0v) is 13.6. The van der Waals surface area contributed by atoms with Crippen molar-refractivity contribution >= 4 is 17.6 Å². The summed E-state index contributed by atoms with van der Waals surface area (Å²) in [4.78, 5) is 25.3. The van der Waals surface area contributed by atoms with Gasteiger partial charge >= 0.3 is 6.03 Å². The third-order valence-corrected chi connectivity index (χ3v) is 3.53. The van der Waals surface area contributed by atoms with Gasteiger partial charge in [-0.25, -0.2) is 4.79 Å². The molecule has 2 N–H and O–H groups in total. The number of carbonyl (C=O) groups excluding carboxylic acids is 2. The molecule has 2 rings (SSSR count). The lowest BCUT2D eigenvalue weighted by Crippen LogP contribution is -2.39. The van der Waals surface area contributed by atoms with Crippen LogP contribution in [0.15, 0.2) is 36.4 Å². The molecule has 1 heterocycles. The fourth-order valence-electron chi connectivity index (χ4n) is 2.37. The van der Waals surface area contributed by atoms with Crippen LogP contribution >= 0.6 is 0 Å². The molecule has 3 amide bonds. The van der Waals surface area contributed by atoms with Crippen molar-refractivity contribution in [3.63, 3.8) is 0 Å². The number of amides is 3. The van der Waals surface area contributed by atoms with Gasteiger partial charge in [0.25, 0.3) is 0 Å². The summed E-state index contributed by atoms with van der Waals surface area (Å²) in [6.45, 7) is 9.31. The SMILES string of the molecule is C=C(C)COc1ccc(NC(=O)N[C@H]2CC(=O)N(CC)C2)cc1. The number of hydrogen-bond acceptors (Lipinski definition) is 3. The van der Waals surface area contributed by atoms with Crippen molar-refractivity contribution in [1.29, 1.82) is 0 Å². The topological polar surface area (TPSA) is 70.7 Å². The van der Waals surface area contributed by atoms with Crippen molar-refractivity contribution in [3.8, 4) is 5.75 Å². The minimum atomic E-state index is -0.309. The van der Waals surface area contributed by atoms with Crippen molar-refractivity contribution < 1.29 is 14.3 Å². The maximum Gasteiger partial charge on any atom is 0.319 e. The van der Waals surface area contributed by atoms with E-state index in [1.165, 1.54) is 0 Å². The smallest absolute Gasteiger partial charge is 0.319 e. The van der Waals surface area contributed by atoms with Gasteiger partial charge in [0.2, 0.25) is 5.91 Å². The molecule has 1 aromatic rings. The second-order valence-electron chi connectivity index (χ2n) is 5.70. The van der Waals surface area contributed by atoms with Gasteiger partial charge in [-0.2, -0.15) is 0 Å². The van der Waals surface area contributed by atoms with E-state index in [1.54, 1.807) is 29.2 Å². The van der Waals surface area contributed by atoms with Crippen LogP contribution in [0.2, 0.25) is 0 Å². The molecular weight excluding hydrogens is 294 g/mol. The molecule has 1 aliphatic rings. The highest BCUT2D eigenvalue weighted by molar-refractivity contribution is 5.90. The van der Waals surface area contributed by atoms with Gasteiger partial charge in [0, 0.05) is 25.2 Å². The quantitative estimate of drug-likeness (QED) is 0.791. The Balaban J connectivity index is 1.81. The molecule has 1 saturated heterocycles. The molecule has 0 saturated carbocycles. The summed E-state index contributed by atoms with van der Waals surface area (Å²) in [6, 6.07) is 6.67. The first-order valence-corrected chi connectivity index (χ1v) is 7.70. The number of nitrogens with one attached hydrogen (secondary N) is 2. The highest BCUT2D eigenvalue weighted by Crippen LogP contribution is 2.16. The Bertz CT molecular complexity index is 583. The third kappa shape index (κ3) is 5.02. The summed E-state index contributed by atoms with van der Waals surface area (Å²) in [5.74, 6) is 0.802. The molecule has 6 nitrogen and oxygen atoms in total. The molecule has 1 aromatic carbocycles. The van der Waals surface area contributed by atoms with Gasteiger partial charge in [-0.1, -0.05) is 6.58 Å². The average molecular weight is 317 g/mol. The normalized spacial score (nSPS) is 17.0. The van der Waals surface area contributed by atoms with E-state index in [-0.39, 0.29) is 18.0 Å². The summed E-state index contributed by atoms with van der Waals surface area (Å²) in [6.07, 6.45) is 0.356. The van der Waals surface area contributed by atoms with Crippen molar-refractivity contribution in [2.24, 2.45) is 0 Å². The van der Waals surface area contributed by atoms with Gasteiger partial charge in [-0.15, -0.1) is 0 Å². The summed E-state index contributed by atoms with van der Waals surface area (Å²) >= 11 is 0. The Morgan fingerprint density at radius 3 is 2.65 bits per heavy atom. The number of likely N-dealkylation sites (N-methyl/N-ethyl adjacent to an activating group) is 1. The lowest BCUT2D eigenvalue weighted by atomic mass is 10.2. The lowest BCUT2D eigenvalue weighted by molar-refractivity contribution is -0.127. The van der Waals surface area contributed by atoms with E-state index in [9.17, 15) is 9.59 Å². The third-order valence-electron chi connectivity index (χ3n) is 3.53. The van der Waals surface area contributed by atoms with E-state index in [4.69, 9.17) is 4.74 Å². The minimum absolute atomic E-state index is 0.0804. The van der Waals surface area contributed by atoms with Gasteiger partial charge in [0.05, 0.1) is 6.04 Å². The summed E-state index contributed by atoms with van der Waals surface area (Å²) in [5.41, 5.74) is 1.61. The maximum atomic E-state index is 12.0. The summed E-state index contributed by atoms with van der Waals surface area (Å²) in [7, 11) is 0. The number of ether oxygens (including phenoxy) is 1. The number of urea groups is 1. The number of nitrogens with zero attached hydrogens (tertiary/aromatic N) is 1. The molecule has 0 spiro atoms. The summed E-state index contributed by atoms with van der Waals surface area (Å²) in [5, 5.41) is 5.58. The summed E-state index contributed by atoms with van der Waals surface area (Å²) < 4.78 is 5.50. The van der Waals surface area contributed by atoms with Crippen LogP contribution in [0, 0.1) is 0 Å². The molecule has 1 fully saturated rings. The van der Waals surface area contributed by atoms with Gasteiger partial charge < -0.3 is 20.3 Å². The minimum Gasteiger partial charge on any atom is -0.489 e. The van der Waals surface area contributed by atoms with Crippen molar-refractivity contribution in [2.45, 2.75) is 26.3 Å². The average Bonchev–Trinajstić information content (AvgIpc) is 2.86. The molecule has 0 unspecified atom stereocenters. The van der Waals surface area contributed by atoms with Gasteiger partial charge in [0.15, 0.2) is 0 Å². The van der Waals surface area contributed by atoms with Gasteiger partial charge in [-0.05, 0) is 43.7 Å². The molecule has 0 bridgehead atoms. The predicted octanol–water partition coefficient (Wildman–Crippen LogP) is 2.38. The standard InChI is InChI=1S/C17H23N3O3/c1-4-20-10-14(9-16(20)21)19-17(22)18-13-5-7-15(8-6-13)23-11-12(2)3/h5-8,14H,2,4,9-11H2,1,3H3,(H2,18,19,22)/t14-/m0/s1. The highest BCUT2D eigenvalue weighted by Gasteiger charge is 2.29. The predicted molar refractivity (Wildman–Crippen MR) is 89.6 cm³/mol. The Labute approximate surface area is 136 Å². The Hall–Kier alpha value is -2.50. The Morgan fingerprint density at radius 1 is 1.39 bits per heavy atom. The zero-order valence-electron chi connectivity index (χ0n) is 13.6. The van der Waals surface area contributed by atoms with Crippen LogP contribution in [0.3, 0.4) is 0 Å². The van der Waals surface area contributed by atoms with Crippen LogP contribution in [-0.4, -0.2) is 42.6 Å². The first kappa shape index (κ1) is 16.9. The fourth-order valence-corrected chi connectivity index (χ4v) is 2.37. The molecule has 1 atom stereocenters. The van der Waals surface area contributed by atoms with Crippen molar-refractivity contribution in [3.05, 3.63) is 36.4 Å². The number of benzene rings is 1. The first-order chi connectivity index (χ1) is 11.0. The van der Waals surface area contributed by atoms with E-state index >= 15 is 0 Å². The molecule has 6 heteroatoms. The molecule has 0 aliphatic carbocycles. The van der Waals surface area contributed by atoms with Crippen molar-refractivity contribution in [1.82, 2.24) is 10.2 Å². The number of hydrogen-bond donors (Lipinski definition) is 2. The Morgan fingerprint density at radius 2 is 2.09 bits per heavy atom. The van der Waals surface area contributed by atoms with Crippen LogP contribution in [0.4, 0.5) is 10.5 Å². The highest BCUT2D eigenvalue weighted by atomic mass is 16.5. The zero-order chi connectivity index (χ0) is 16.8. The number of likely N-dealkylation sites (tertiary alicyclic amines) is 1. The second-order valence-corrected chi connectivity index (χ2v) is 5.70. The lowest BCUT2D eigenvalue weighted by Gasteiger charge is -2.15. The van der Waals surface area contributed by atoms with E-state index in [2.05, 4.69) is 17.2 Å². The molecule has 23 heavy (non-hydrogen) atoms. The molecule has 0 radical (unpaired) electrons. The van der Waals surface area contributed by atoms with Crippen LogP contribution in [-0.2, 0) is 4.79 Å². The molecular formula is C17H23N3O3. The molecule has 0 aromatic heterocycles. The number of anilines is 1. The van der Waals surface area contributed by atoms with E-state index in [0.29, 0.717) is 31.8 Å². The monoisotopic (exact) mass is 317 g/mol. The molecule has 124 valence electrons. The largest absolute Gasteiger partial charge is 0.489 e. The molecule has 1 aliphatic heterocycles. The second kappa shape index (κ2) is 7.67. The number of rotatable bonds is 6. The van der Waals surface area contributed by atoms with Crippen LogP contribution in [0.5, 0.6) is 5.75 Å². The van der Waals surface area contributed by atoms with E-state index in [0.717, 1.165) is 11.3 Å². The number of carbonyl (C=O) groups is 2. The van der Waals surface area contributed by atoms with E-state index in [1.807, 2.05) is 13.8 Å². The van der Waals surface area contributed by atoms with E-state index < -0.39 is 0 Å². The van der Waals surface area contributed by atoms with Crippen molar-refractivity contribution in [2.75, 3.05) is 25.0 Å². The van der Waals surface area contributed by atoms with Crippen LogP contribution in [0.25, 0.3) is 0 Å². The van der Waals surface area contributed by atoms with Crippen LogP contribution < -0.4 is 15.4 Å². The maximum absolute atomic E-state index is 12.0. The van der Waals surface area contributed by atoms with Gasteiger partial charge in [-0.3, -0.25) is 4.79 Å². The van der Waals surface area contributed by atoms with Crippen LogP contribution in [0.1, 0.15) is 20.3 Å². The first-order valence-electron chi connectivity index (χ1n) is 7.70. The fraction of sp³-hybridized carbons (Fsp3) is 0.412. The Kier molecular flexibility index (Phi) is 5.62.